The minimum Gasteiger partial charge on any atom is -0.396 e. The normalized spacial score (nSPS) is 16.5. The molecule has 2 N–H and O–H groups in total. The van der Waals surface area contributed by atoms with Crippen LogP contribution < -0.4 is 5.73 Å². The first kappa shape index (κ1) is 7.53. The molecule has 1 saturated carbocycles. The highest BCUT2D eigenvalue weighted by atomic mass is 19.1. The van der Waals surface area contributed by atoms with E-state index < -0.39 is 11.6 Å². The van der Waals surface area contributed by atoms with Gasteiger partial charge in [0.15, 0.2) is 0 Å². The third-order valence-corrected chi connectivity index (χ3v) is 2.13. The van der Waals surface area contributed by atoms with E-state index in [0.717, 1.165) is 18.9 Å². The summed E-state index contributed by atoms with van der Waals surface area (Å²) >= 11 is 0. The van der Waals surface area contributed by atoms with Crippen LogP contribution in [0.2, 0.25) is 0 Å². The van der Waals surface area contributed by atoms with Crippen LogP contribution in [0.5, 0.6) is 0 Å². The zero-order chi connectivity index (χ0) is 8.72. The molecular weight excluding hydrogens is 160 g/mol. The Kier molecular flexibility index (Phi) is 1.53. The zero-order valence-corrected chi connectivity index (χ0v) is 6.48. The van der Waals surface area contributed by atoms with Crippen LogP contribution in [0.25, 0.3) is 0 Å². The number of hydrogen-bond acceptors (Lipinski definition) is 1. The molecule has 1 aliphatic carbocycles. The fourth-order valence-electron chi connectivity index (χ4n) is 1.29. The van der Waals surface area contributed by atoms with Crippen molar-refractivity contribution >= 4 is 5.69 Å². The summed E-state index contributed by atoms with van der Waals surface area (Å²) in [5, 5.41) is 0. The Hall–Kier alpha value is -1.12. The molecule has 1 aromatic carbocycles. The third-order valence-electron chi connectivity index (χ3n) is 2.13. The Morgan fingerprint density at radius 1 is 1.17 bits per heavy atom. The van der Waals surface area contributed by atoms with Crippen molar-refractivity contribution in [3.63, 3.8) is 0 Å². The number of benzene rings is 1. The molecule has 0 unspecified atom stereocenters. The van der Waals surface area contributed by atoms with Crippen molar-refractivity contribution in [3.8, 4) is 0 Å². The highest BCUT2D eigenvalue weighted by molar-refractivity contribution is 5.45. The van der Waals surface area contributed by atoms with Gasteiger partial charge in [-0.2, -0.15) is 0 Å². The van der Waals surface area contributed by atoms with Crippen molar-refractivity contribution in [3.05, 3.63) is 29.3 Å². The van der Waals surface area contributed by atoms with E-state index in [1.54, 1.807) is 0 Å². The van der Waals surface area contributed by atoms with Crippen molar-refractivity contribution in [1.82, 2.24) is 0 Å². The highest BCUT2D eigenvalue weighted by Crippen LogP contribution is 2.42. The van der Waals surface area contributed by atoms with E-state index in [0.29, 0.717) is 5.56 Å². The first-order valence-corrected chi connectivity index (χ1v) is 3.93. The molecule has 0 bridgehead atoms. The lowest BCUT2D eigenvalue weighted by Crippen LogP contribution is -1.96. The molecule has 0 saturated heterocycles. The third kappa shape index (κ3) is 1.15. The van der Waals surface area contributed by atoms with Crippen LogP contribution in [0.1, 0.15) is 24.3 Å². The molecule has 1 aliphatic rings. The molecule has 1 fully saturated rings. The van der Waals surface area contributed by atoms with Gasteiger partial charge in [-0.3, -0.25) is 0 Å². The molecule has 12 heavy (non-hydrogen) atoms. The number of nitrogens with two attached hydrogens (primary N) is 1. The molecule has 0 aromatic heterocycles. The van der Waals surface area contributed by atoms with Gasteiger partial charge in [0.25, 0.3) is 0 Å². The van der Waals surface area contributed by atoms with Gasteiger partial charge in [-0.25, -0.2) is 8.78 Å². The lowest BCUT2D eigenvalue weighted by atomic mass is 10.1. The highest BCUT2D eigenvalue weighted by Gasteiger charge is 2.27. The molecule has 64 valence electrons. The quantitative estimate of drug-likeness (QED) is 0.642. The van der Waals surface area contributed by atoms with Gasteiger partial charge in [-0.1, -0.05) is 0 Å². The van der Waals surface area contributed by atoms with E-state index in [1.807, 2.05) is 0 Å². The van der Waals surface area contributed by atoms with Gasteiger partial charge in [0, 0.05) is 6.07 Å². The van der Waals surface area contributed by atoms with Gasteiger partial charge in [-0.05, 0) is 30.4 Å². The number of anilines is 1. The van der Waals surface area contributed by atoms with Gasteiger partial charge in [0.2, 0.25) is 0 Å². The molecule has 0 heterocycles. The molecule has 0 radical (unpaired) electrons. The summed E-state index contributed by atoms with van der Waals surface area (Å²) in [6.07, 6.45) is 1.98. The summed E-state index contributed by atoms with van der Waals surface area (Å²) in [5.74, 6) is -0.867. The SMILES string of the molecule is Nc1cc(C2CC2)c(F)cc1F. The van der Waals surface area contributed by atoms with Crippen LogP contribution in [-0.2, 0) is 0 Å². The number of rotatable bonds is 1. The Labute approximate surface area is 69.2 Å². The van der Waals surface area contributed by atoms with E-state index in [-0.39, 0.29) is 11.6 Å². The summed E-state index contributed by atoms with van der Waals surface area (Å²) in [7, 11) is 0. The summed E-state index contributed by atoms with van der Waals surface area (Å²) in [6, 6.07) is 2.27. The Bertz CT molecular complexity index is 319. The predicted molar refractivity (Wildman–Crippen MR) is 42.7 cm³/mol. The van der Waals surface area contributed by atoms with Gasteiger partial charge in [0.05, 0.1) is 5.69 Å². The Balaban J connectivity index is 2.47. The first-order valence-electron chi connectivity index (χ1n) is 3.93. The molecule has 1 aromatic rings. The fraction of sp³-hybridized carbons (Fsp3) is 0.333. The van der Waals surface area contributed by atoms with Crippen molar-refractivity contribution in [2.45, 2.75) is 18.8 Å². The minimum absolute atomic E-state index is 0.0401. The maximum absolute atomic E-state index is 13.0. The molecule has 1 nitrogen and oxygen atoms in total. The average molecular weight is 169 g/mol. The average Bonchev–Trinajstić information content (AvgIpc) is 2.79. The van der Waals surface area contributed by atoms with Crippen LogP contribution in [0.15, 0.2) is 12.1 Å². The van der Waals surface area contributed by atoms with E-state index in [9.17, 15) is 8.78 Å². The summed E-state index contributed by atoms with van der Waals surface area (Å²) < 4.78 is 25.7. The Morgan fingerprint density at radius 2 is 1.83 bits per heavy atom. The second-order valence-electron chi connectivity index (χ2n) is 3.17. The first-order chi connectivity index (χ1) is 5.68. The maximum atomic E-state index is 13.0. The van der Waals surface area contributed by atoms with E-state index in [4.69, 9.17) is 5.73 Å². The Morgan fingerprint density at radius 3 is 2.42 bits per heavy atom. The van der Waals surface area contributed by atoms with Gasteiger partial charge in [0.1, 0.15) is 11.6 Å². The van der Waals surface area contributed by atoms with E-state index >= 15 is 0 Å². The molecule has 2 rings (SSSR count). The number of halogens is 2. The van der Waals surface area contributed by atoms with Crippen LogP contribution >= 0.6 is 0 Å². The van der Waals surface area contributed by atoms with Crippen LogP contribution in [0.4, 0.5) is 14.5 Å². The van der Waals surface area contributed by atoms with Crippen molar-refractivity contribution < 1.29 is 8.78 Å². The topological polar surface area (TPSA) is 26.0 Å². The second kappa shape index (κ2) is 2.44. The van der Waals surface area contributed by atoms with E-state index in [2.05, 4.69) is 0 Å². The summed E-state index contributed by atoms with van der Waals surface area (Å²) in [5.41, 5.74) is 5.92. The predicted octanol–water partition coefficient (Wildman–Crippen LogP) is 2.42. The summed E-state index contributed by atoms with van der Waals surface area (Å²) in [6.45, 7) is 0. The smallest absolute Gasteiger partial charge is 0.149 e. The monoisotopic (exact) mass is 169 g/mol. The molecule has 0 spiro atoms. The molecule has 0 aliphatic heterocycles. The van der Waals surface area contributed by atoms with Crippen molar-refractivity contribution in [2.24, 2.45) is 0 Å². The molecule has 0 amide bonds. The summed E-state index contributed by atoms with van der Waals surface area (Å²) in [4.78, 5) is 0. The maximum Gasteiger partial charge on any atom is 0.149 e. The lowest BCUT2D eigenvalue weighted by Gasteiger charge is -2.02. The minimum atomic E-state index is -0.670. The molecular formula is C9H9F2N. The van der Waals surface area contributed by atoms with Crippen LogP contribution in [-0.4, -0.2) is 0 Å². The zero-order valence-electron chi connectivity index (χ0n) is 6.48. The standard InChI is InChI=1S/C9H9F2N/c10-7-4-8(11)9(12)3-6(7)5-1-2-5/h3-5H,1-2,12H2. The molecule has 3 heteroatoms. The van der Waals surface area contributed by atoms with Crippen molar-refractivity contribution in [1.29, 1.82) is 0 Å². The van der Waals surface area contributed by atoms with Gasteiger partial charge < -0.3 is 5.73 Å². The lowest BCUT2D eigenvalue weighted by molar-refractivity contribution is 0.575. The second-order valence-corrected chi connectivity index (χ2v) is 3.17. The number of nitrogen functional groups attached to an aromatic ring is 1. The van der Waals surface area contributed by atoms with Gasteiger partial charge in [-0.15, -0.1) is 0 Å². The van der Waals surface area contributed by atoms with Gasteiger partial charge >= 0.3 is 0 Å². The molecule has 0 atom stereocenters. The fourth-order valence-corrected chi connectivity index (χ4v) is 1.29. The van der Waals surface area contributed by atoms with Crippen LogP contribution in [0, 0.1) is 11.6 Å². The number of hydrogen-bond donors (Lipinski definition) is 1. The van der Waals surface area contributed by atoms with Crippen LogP contribution in [0.3, 0.4) is 0 Å². The van der Waals surface area contributed by atoms with Crippen molar-refractivity contribution in [2.75, 3.05) is 5.73 Å². The van der Waals surface area contributed by atoms with E-state index in [1.165, 1.54) is 6.07 Å². The largest absolute Gasteiger partial charge is 0.396 e.